The molecule has 1 fully saturated rings. The molecule has 0 aliphatic carbocycles. The van der Waals surface area contributed by atoms with E-state index in [0.717, 1.165) is 32.7 Å². The van der Waals surface area contributed by atoms with Crippen LogP contribution >= 0.6 is 0 Å². The van der Waals surface area contributed by atoms with Crippen molar-refractivity contribution in [1.82, 2.24) is 20.5 Å². The van der Waals surface area contributed by atoms with Crippen LogP contribution in [0.5, 0.6) is 17.4 Å². The van der Waals surface area contributed by atoms with Gasteiger partial charge < -0.3 is 20.1 Å². The zero-order valence-electron chi connectivity index (χ0n) is 14.7. The number of benzene rings is 1. The van der Waals surface area contributed by atoms with Gasteiger partial charge in [-0.3, -0.25) is 9.69 Å². The largest absolute Gasteiger partial charge is 0.484 e. The second-order valence-corrected chi connectivity index (χ2v) is 5.97. The lowest BCUT2D eigenvalue weighted by Crippen LogP contribution is -2.46. The zero-order valence-corrected chi connectivity index (χ0v) is 14.7. The van der Waals surface area contributed by atoms with Crippen LogP contribution in [0, 0.1) is 0 Å². The predicted octanol–water partition coefficient (Wildman–Crippen LogP) is 1.27. The molecule has 1 aromatic carbocycles. The average molecular weight is 356 g/mol. The highest BCUT2D eigenvalue weighted by Gasteiger charge is 2.09. The van der Waals surface area contributed by atoms with Crippen molar-refractivity contribution < 1.29 is 14.3 Å². The number of rotatable bonds is 8. The number of nitrogens with zero attached hydrogens (tertiary/aromatic N) is 2. The Bertz CT molecular complexity index is 673. The van der Waals surface area contributed by atoms with E-state index in [2.05, 4.69) is 20.5 Å². The molecular formula is C19H24N4O3. The van der Waals surface area contributed by atoms with E-state index in [1.807, 2.05) is 12.1 Å². The van der Waals surface area contributed by atoms with Crippen LogP contribution in [0.25, 0.3) is 0 Å². The molecule has 1 aliphatic heterocycles. The van der Waals surface area contributed by atoms with Gasteiger partial charge in [-0.05, 0) is 30.3 Å². The summed E-state index contributed by atoms with van der Waals surface area (Å²) in [4.78, 5) is 18.3. The summed E-state index contributed by atoms with van der Waals surface area (Å²) in [7, 11) is 0. The van der Waals surface area contributed by atoms with Gasteiger partial charge in [0.05, 0.1) is 0 Å². The van der Waals surface area contributed by atoms with Crippen LogP contribution in [-0.2, 0) is 4.79 Å². The number of pyridine rings is 1. The molecule has 1 saturated heterocycles. The number of amides is 1. The lowest BCUT2D eigenvalue weighted by molar-refractivity contribution is -0.123. The number of ether oxygens (including phenoxy) is 2. The predicted molar refractivity (Wildman–Crippen MR) is 98.6 cm³/mol. The van der Waals surface area contributed by atoms with Gasteiger partial charge in [0.2, 0.25) is 5.88 Å². The van der Waals surface area contributed by atoms with Crippen LogP contribution in [0.1, 0.15) is 0 Å². The summed E-state index contributed by atoms with van der Waals surface area (Å²) in [6.07, 6.45) is 1.67. The summed E-state index contributed by atoms with van der Waals surface area (Å²) in [6.45, 7) is 5.58. The Balaban J connectivity index is 1.35. The van der Waals surface area contributed by atoms with Crippen molar-refractivity contribution in [3.05, 3.63) is 48.7 Å². The molecule has 2 aromatic rings. The van der Waals surface area contributed by atoms with E-state index >= 15 is 0 Å². The number of carbonyl (C=O) groups is 1. The Morgan fingerprint density at radius 3 is 2.62 bits per heavy atom. The van der Waals surface area contributed by atoms with Gasteiger partial charge in [-0.15, -0.1) is 0 Å². The molecule has 138 valence electrons. The van der Waals surface area contributed by atoms with Gasteiger partial charge in [0.1, 0.15) is 11.5 Å². The number of carbonyl (C=O) groups excluding carboxylic acids is 1. The minimum Gasteiger partial charge on any atom is -0.484 e. The molecule has 0 radical (unpaired) electrons. The van der Waals surface area contributed by atoms with E-state index < -0.39 is 0 Å². The highest BCUT2D eigenvalue weighted by molar-refractivity contribution is 5.77. The van der Waals surface area contributed by atoms with Crippen molar-refractivity contribution in [2.24, 2.45) is 0 Å². The first-order chi connectivity index (χ1) is 12.8. The molecule has 26 heavy (non-hydrogen) atoms. The molecule has 0 spiro atoms. The van der Waals surface area contributed by atoms with E-state index in [-0.39, 0.29) is 12.5 Å². The third kappa shape index (κ3) is 6.02. The molecule has 3 rings (SSSR count). The average Bonchev–Trinajstić information content (AvgIpc) is 2.69. The Labute approximate surface area is 153 Å². The first-order valence-corrected chi connectivity index (χ1v) is 8.81. The fourth-order valence-corrected chi connectivity index (χ4v) is 2.62. The van der Waals surface area contributed by atoms with Gasteiger partial charge >= 0.3 is 0 Å². The molecule has 2 heterocycles. The Morgan fingerprint density at radius 1 is 1.12 bits per heavy atom. The molecular weight excluding hydrogens is 332 g/mol. The third-order valence-electron chi connectivity index (χ3n) is 4.01. The van der Waals surface area contributed by atoms with Crippen molar-refractivity contribution in [2.45, 2.75) is 0 Å². The molecule has 0 saturated carbocycles. The van der Waals surface area contributed by atoms with Gasteiger partial charge in [0.15, 0.2) is 6.61 Å². The number of piperazine rings is 1. The lowest BCUT2D eigenvalue weighted by Gasteiger charge is -2.27. The molecule has 1 amide bonds. The maximum absolute atomic E-state index is 11.9. The van der Waals surface area contributed by atoms with Crippen molar-refractivity contribution >= 4 is 5.91 Å². The summed E-state index contributed by atoms with van der Waals surface area (Å²) in [5, 5.41) is 6.19. The smallest absolute Gasteiger partial charge is 0.257 e. The topological polar surface area (TPSA) is 75.7 Å². The zero-order chi connectivity index (χ0) is 18.0. The van der Waals surface area contributed by atoms with Gasteiger partial charge in [0, 0.05) is 51.5 Å². The summed E-state index contributed by atoms with van der Waals surface area (Å²) >= 11 is 0. The summed E-state index contributed by atoms with van der Waals surface area (Å²) in [5.41, 5.74) is 0. The highest BCUT2D eigenvalue weighted by Crippen LogP contribution is 2.22. The lowest BCUT2D eigenvalue weighted by atomic mass is 10.3. The van der Waals surface area contributed by atoms with Crippen molar-refractivity contribution in [3.63, 3.8) is 0 Å². The fraction of sp³-hybridized carbons (Fsp3) is 0.368. The molecule has 2 N–H and O–H groups in total. The normalized spacial score (nSPS) is 14.6. The van der Waals surface area contributed by atoms with E-state index in [4.69, 9.17) is 9.47 Å². The standard InChI is InChI=1S/C19H24N4O3/c24-18(21-11-14-23-12-9-20-10-13-23)15-25-16-4-6-17(7-5-16)26-19-3-1-2-8-22-19/h1-8,20H,9-15H2,(H,21,24). The van der Waals surface area contributed by atoms with E-state index in [1.165, 1.54) is 0 Å². The van der Waals surface area contributed by atoms with Gasteiger partial charge in [0.25, 0.3) is 5.91 Å². The van der Waals surface area contributed by atoms with Crippen LogP contribution in [0.2, 0.25) is 0 Å². The molecule has 0 atom stereocenters. The monoisotopic (exact) mass is 356 g/mol. The molecule has 0 bridgehead atoms. The van der Waals surface area contributed by atoms with Crippen LogP contribution < -0.4 is 20.1 Å². The maximum Gasteiger partial charge on any atom is 0.257 e. The van der Waals surface area contributed by atoms with E-state index in [1.54, 1.807) is 36.5 Å². The first-order valence-electron chi connectivity index (χ1n) is 8.81. The Kier molecular flexibility index (Phi) is 6.80. The van der Waals surface area contributed by atoms with Crippen molar-refractivity contribution in [1.29, 1.82) is 0 Å². The van der Waals surface area contributed by atoms with Gasteiger partial charge in [-0.1, -0.05) is 6.07 Å². The summed E-state index contributed by atoms with van der Waals surface area (Å²) < 4.78 is 11.1. The molecule has 7 heteroatoms. The maximum atomic E-state index is 11.9. The van der Waals surface area contributed by atoms with E-state index in [9.17, 15) is 4.79 Å². The molecule has 1 aromatic heterocycles. The van der Waals surface area contributed by atoms with Crippen LogP contribution in [0.15, 0.2) is 48.7 Å². The highest BCUT2D eigenvalue weighted by atomic mass is 16.5. The number of hydrogen-bond donors (Lipinski definition) is 2. The molecule has 0 unspecified atom stereocenters. The Morgan fingerprint density at radius 2 is 1.88 bits per heavy atom. The quantitative estimate of drug-likeness (QED) is 0.742. The van der Waals surface area contributed by atoms with Crippen molar-refractivity contribution in [2.75, 3.05) is 45.9 Å². The summed E-state index contributed by atoms with van der Waals surface area (Å²) in [6, 6.07) is 12.6. The Hall–Kier alpha value is -2.64. The van der Waals surface area contributed by atoms with Crippen molar-refractivity contribution in [3.8, 4) is 17.4 Å². The first kappa shape index (κ1) is 18.2. The SMILES string of the molecule is O=C(COc1ccc(Oc2ccccn2)cc1)NCCN1CCNCC1. The minimum absolute atomic E-state index is 0.00198. The fourth-order valence-electron chi connectivity index (χ4n) is 2.62. The van der Waals surface area contributed by atoms with Gasteiger partial charge in [-0.25, -0.2) is 4.98 Å². The number of hydrogen-bond acceptors (Lipinski definition) is 6. The number of aromatic nitrogens is 1. The molecule has 7 nitrogen and oxygen atoms in total. The third-order valence-corrected chi connectivity index (χ3v) is 4.01. The van der Waals surface area contributed by atoms with Crippen LogP contribution in [0.4, 0.5) is 0 Å². The second-order valence-electron chi connectivity index (χ2n) is 5.97. The number of nitrogens with one attached hydrogen (secondary N) is 2. The second kappa shape index (κ2) is 9.74. The summed E-state index contributed by atoms with van der Waals surface area (Å²) in [5.74, 6) is 1.70. The van der Waals surface area contributed by atoms with Crippen LogP contribution in [0.3, 0.4) is 0 Å². The van der Waals surface area contributed by atoms with Gasteiger partial charge in [-0.2, -0.15) is 0 Å². The minimum atomic E-state index is -0.117. The van der Waals surface area contributed by atoms with Crippen LogP contribution in [-0.4, -0.2) is 61.7 Å². The van der Waals surface area contributed by atoms with E-state index in [0.29, 0.717) is 23.9 Å². The molecule has 1 aliphatic rings.